The number of thiophene rings is 1. The number of aromatic nitrogens is 1. The number of nitrogens with zero attached hydrogens (tertiary/aromatic N) is 1. The van der Waals surface area contributed by atoms with Crippen molar-refractivity contribution in [1.82, 2.24) is 4.98 Å². The molecule has 2 aromatic carbocycles. The molecule has 4 nitrogen and oxygen atoms in total. The number of carbonyl (C=O) groups is 1. The van der Waals surface area contributed by atoms with Crippen LogP contribution in [-0.4, -0.2) is 10.9 Å². The Morgan fingerprint density at radius 3 is 2.44 bits per heavy atom. The van der Waals surface area contributed by atoms with E-state index in [1.54, 1.807) is 18.2 Å². The maximum absolute atomic E-state index is 14.2. The van der Waals surface area contributed by atoms with Gasteiger partial charge in [0, 0.05) is 21.7 Å². The van der Waals surface area contributed by atoms with Crippen molar-refractivity contribution < 1.29 is 9.18 Å². The number of rotatable bonds is 6. The largest absolute Gasteiger partial charge is 0.359 e. The maximum atomic E-state index is 14.2. The topological polar surface area (TPSA) is 54.0 Å². The standard InChI is InChI=1S/C26H24FN3OS/c1-16-9-7-14-22(28-16)29-24(20-12-8-13-21(27)15-20)23-17(2)18(3)32-26(23)30-25(31)19-10-5-4-6-11-19/h4-15,24H,1-3H3,(H,28,29)(H,30,31)/t24-/m1/s1. The second-order valence-corrected chi connectivity index (χ2v) is 8.87. The molecule has 2 N–H and O–H groups in total. The Morgan fingerprint density at radius 1 is 0.969 bits per heavy atom. The molecule has 0 radical (unpaired) electrons. The predicted octanol–water partition coefficient (Wildman–Crippen LogP) is 6.66. The summed E-state index contributed by atoms with van der Waals surface area (Å²) >= 11 is 1.52. The summed E-state index contributed by atoms with van der Waals surface area (Å²) in [6.07, 6.45) is 0. The Labute approximate surface area is 191 Å². The molecule has 0 fully saturated rings. The fraction of sp³-hybridized carbons (Fsp3) is 0.154. The zero-order valence-corrected chi connectivity index (χ0v) is 19.0. The lowest BCUT2D eigenvalue weighted by molar-refractivity contribution is 0.102. The fourth-order valence-corrected chi connectivity index (χ4v) is 4.72. The van der Waals surface area contributed by atoms with E-state index in [0.29, 0.717) is 11.4 Å². The lowest BCUT2D eigenvalue weighted by Gasteiger charge is -2.22. The van der Waals surface area contributed by atoms with Crippen molar-refractivity contribution in [1.29, 1.82) is 0 Å². The monoisotopic (exact) mass is 445 g/mol. The molecule has 0 bridgehead atoms. The van der Waals surface area contributed by atoms with Crippen molar-refractivity contribution >= 4 is 28.1 Å². The fourth-order valence-electron chi connectivity index (χ4n) is 3.63. The summed E-state index contributed by atoms with van der Waals surface area (Å²) in [6.45, 7) is 5.97. The van der Waals surface area contributed by atoms with E-state index >= 15 is 0 Å². The van der Waals surface area contributed by atoms with Crippen LogP contribution in [0.15, 0.2) is 72.8 Å². The van der Waals surface area contributed by atoms with Crippen LogP contribution < -0.4 is 10.6 Å². The van der Waals surface area contributed by atoms with Gasteiger partial charge in [-0.25, -0.2) is 9.37 Å². The van der Waals surface area contributed by atoms with Gasteiger partial charge < -0.3 is 10.6 Å². The molecule has 1 atom stereocenters. The van der Waals surface area contributed by atoms with Crippen LogP contribution in [0.2, 0.25) is 0 Å². The van der Waals surface area contributed by atoms with E-state index < -0.39 is 6.04 Å². The first-order valence-corrected chi connectivity index (χ1v) is 11.2. The first-order valence-electron chi connectivity index (χ1n) is 10.3. The lowest BCUT2D eigenvalue weighted by atomic mass is 9.96. The van der Waals surface area contributed by atoms with Crippen molar-refractivity contribution in [2.45, 2.75) is 26.8 Å². The molecule has 2 heterocycles. The first kappa shape index (κ1) is 21.7. The number of halogens is 1. The summed E-state index contributed by atoms with van der Waals surface area (Å²) in [5.74, 6) is 0.189. The Morgan fingerprint density at radius 2 is 1.72 bits per heavy atom. The minimum Gasteiger partial charge on any atom is -0.359 e. The average molecular weight is 446 g/mol. The van der Waals surface area contributed by atoms with E-state index in [9.17, 15) is 9.18 Å². The normalized spacial score (nSPS) is 11.8. The van der Waals surface area contributed by atoms with Gasteiger partial charge in [-0.15, -0.1) is 11.3 Å². The van der Waals surface area contributed by atoms with Crippen molar-refractivity contribution in [2.75, 3.05) is 10.6 Å². The summed E-state index contributed by atoms with van der Waals surface area (Å²) in [5.41, 5.74) is 4.17. The predicted molar refractivity (Wildman–Crippen MR) is 129 cm³/mol. The summed E-state index contributed by atoms with van der Waals surface area (Å²) in [5, 5.41) is 7.28. The number of hydrogen-bond donors (Lipinski definition) is 2. The molecule has 4 aromatic rings. The minimum atomic E-state index is -0.393. The molecule has 0 aliphatic rings. The summed E-state index contributed by atoms with van der Waals surface area (Å²) in [4.78, 5) is 18.6. The average Bonchev–Trinajstić information content (AvgIpc) is 3.05. The highest BCUT2D eigenvalue weighted by molar-refractivity contribution is 7.16. The molecule has 32 heavy (non-hydrogen) atoms. The van der Waals surface area contributed by atoms with E-state index in [4.69, 9.17) is 0 Å². The Balaban J connectivity index is 1.79. The van der Waals surface area contributed by atoms with Crippen LogP contribution in [0.3, 0.4) is 0 Å². The number of amides is 1. The molecular formula is C26H24FN3OS. The number of benzene rings is 2. The van der Waals surface area contributed by atoms with E-state index in [2.05, 4.69) is 15.6 Å². The Bertz CT molecular complexity index is 1250. The highest BCUT2D eigenvalue weighted by Gasteiger charge is 2.25. The SMILES string of the molecule is Cc1cccc(N[C@H](c2cccc(F)c2)c2c(NC(=O)c3ccccc3)sc(C)c2C)n1. The highest BCUT2D eigenvalue weighted by atomic mass is 32.1. The van der Waals surface area contributed by atoms with E-state index in [1.165, 1.54) is 23.5 Å². The third-order valence-corrected chi connectivity index (χ3v) is 6.48. The molecule has 0 unspecified atom stereocenters. The lowest BCUT2D eigenvalue weighted by Crippen LogP contribution is -2.18. The van der Waals surface area contributed by atoms with Gasteiger partial charge in [0.1, 0.15) is 16.6 Å². The molecule has 1 amide bonds. The van der Waals surface area contributed by atoms with Gasteiger partial charge in [-0.3, -0.25) is 4.79 Å². The van der Waals surface area contributed by atoms with E-state index in [1.807, 2.05) is 63.2 Å². The van der Waals surface area contributed by atoms with Crippen LogP contribution in [0.5, 0.6) is 0 Å². The molecule has 0 spiro atoms. The van der Waals surface area contributed by atoms with Gasteiger partial charge in [0.2, 0.25) is 0 Å². The van der Waals surface area contributed by atoms with Crippen molar-refractivity contribution in [3.05, 3.63) is 111 Å². The molecule has 0 aliphatic heterocycles. The van der Waals surface area contributed by atoms with Crippen LogP contribution in [0.25, 0.3) is 0 Å². The molecule has 0 aliphatic carbocycles. The molecule has 4 rings (SSSR count). The van der Waals surface area contributed by atoms with Gasteiger partial charge >= 0.3 is 0 Å². The number of carbonyl (C=O) groups excluding carboxylic acids is 1. The van der Waals surface area contributed by atoms with Gasteiger partial charge in [-0.1, -0.05) is 36.4 Å². The Kier molecular flexibility index (Phi) is 6.32. The first-order chi connectivity index (χ1) is 15.4. The number of aryl methyl sites for hydroxylation is 2. The smallest absolute Gasteiger partial charge is 0.256 e. The molecule has 162 valence electrons. The van der Waals surface area contributed by atoms with Crippen molar-refractivity contribution in [2.24, 2.45) is 0 Å². The molecule has 2 aromatic heterocycles. The van der Waals surface area contributed by atoms with Crippen LogP contribution in [-0.2, 0) is 0 Å². The molecule has 0 saturated carbocycles. The summed E-state index contributed by atoms with van der Waals surface area (Å²) < 4.78 is 14.2. The van der Waals surface area contributed by atoms with Crippen molar-refractivity contribution in [3.63, 3.8) is 0 Å². The Hall–Kier alpha value is -3.51. The quantitative estimate of drug-likeness (QED) is 0.349. The minimum absolute atomic E-state index is 0.181. The number of nitrogens with one attached hydrogen (secondary N) is 2. The van der Waals surface area contributed by atoms with E-state index in [0.717, 1.165) is 32.3 Å². The van der Waals surface area contributed by atoms with Crippen LogP contribution >= 0.6 is 11.3 Å². The van der Waals surface area contributed by atoms with E-state index in [-0.39, 0.29) is 11.7 Å². The second kappa shape index (κ2) is 9.32. The number of pyridine rings is 1. The molecule has 6 heteroatoms. The zero-order chi connectivity index (χ0) is 22.7. The van der Waals surface area contributed by atoms with Crippen molar-refractivity contribution in [3.8, 4) is 0 Å². The van der Waals surface area contributed by atoms with Crippen LogP contribution in [0.1, 0.15) is 43.7 Å². The van der Waals surface area contributed by atoms with Crippen LogP contribution in [0, 0.1) is 26.6 Å². The van der Waals surface area contributed by atoms with Gasteiger partial charge in [-0.2, -0.15) is 0 Å². The third kappa shape index (κ3) is 4.70. The number of hydrogen-bond acceptors (Lipinski definition) is 4. The number of anilines is 2. The third-order valence-electron chi connectivity index (χ3n) is 5.35. The zero-order valence-electron chi connectivity index (χ0n) is 18.1. The van der Waals surface area contributed by atoms with Gasteiger partial charge in [0.25, 0.3) is 5.91 Å². The second-order valence-electron chi connectivity index (χ2n) is 7.64. The molecule has 0 saturated heterocycles. The van der Waals surface area contributed by atoms with Gasteiger partial charge in [-0.05, 0) is 68.3 Å². The van der Waals surface area contributed by atoms with Crippen LogP contribution in [0.4, 0.5) is 15.2 Å². The maximum Gasteiger partial charge on any atom is 0.256 e. The van der Waals surface area contributed by atoms with Gasteiger partial charge in [0.15, 0.2) is 0 Å². The van der Waals surface area contributed by atoms with Gasteiger partial charge in [0.05, 0.1) is 6.04 Å². The highest BCUT2D eigenvalue weighted by Crippen LogP contribution is 2.41. The summed E-state index contributed by atoms with van der Waals surface area (Å²) in [7, 11) is 0. The summed E-state index contributed by atoms with van der Waals surface area (Å²) in [6, 6.07) is 21.0. The molecular weight excluding hydrogens is 421 g/mol.